The van der Waals surface area contributed by atoms with Crippen molar-refractivity contribution in [3.63, 3.8) is 0 Å². The van der Waals surface area contributed by atoms with E-state index in [1.54, 1.807) is 0 Å². The SMILES string of the molecule is C[N+](C)(C)CCNC(=O)N1CCC(C=Cc2ccccc2)(CNC(=N)NC(=O)c2nc(Cl)c(N)nc2N)CC1.Cl.N.[Cl-]. The van der Waals surface area contributed by atoms with E-state index in [0.717, 1.165) is 16.6 Å². The summed E-state index contributed by atoms with van der Waals surface area (Å²) in [4.78, 5) is 34.8. The number of likely N-dealkylation sites (N-methyl/N-ethyl adjacent to an activating group) is 1. The lowest BCUT2D eigenvalue weighted by Gasteiger charge is -2.40. The number of hydrogen-bond donors (Lipinski definition) is 7. The average molecular weight is 647 g/mol. The van der Waals surface area contributed by atoms with Crippen molar-refractivity contribution in [2.75, 3.05) is 65.3 Å². The largest absolute Gasteiger partial charge is 1.00 e. The number of carbonyl (C=O) groups excluding carboxylic acids is 2. The summed E-state index contributed by atoms with van der Waals surface area (Å²) >= 11 is 5.87. The van der Waals surface area contributed by atoms with E-state index in [0.29, 0.717) is 39.0 Å². The number of nitrogens with two attached hydrogens (primary N) is 2. The average Bonchev–Trinajstić information content (AvgIpc) is 2.88. The Morgan fingerprint density at radius 1 is 1.10 bits per heavy atom. The molecule has 1 aliphatic rings. The highest BCUT2D eigenvalue weighted by atomic mass is 35.5. The van der Waals surface area contributed by atoms with Gasteiger partial charge in [0.05, 0.1) is 34.2 Å². The zero-order valence-electron chi connectivity index (χ0n) is 24.1. The van der Waals surface area contributed by atoms with Crippen LogP contribution in [0.25, 0.3) is 6.08 Å². The van der Waals surface area contributed by atoms with Crippen LogP contribution in [0.1, 0.15) is 28.9 Å². The van der Waals surface area contributed by atoms with Gasteiger partial charge in [0.15, 0.2) is 28.4 Å². The molecule has 0 saturated carbocycles. The molecule has 1 aromatic heterocycles. The number of halogens is 3. The number of benzene rings is 1. The van der Waals surface area contributed by atoms with Crippen molar-refractivity contribution in [3.05, 3.63) is 52.8 Å². The number of nitrogens with one attached hydrogen (secondary N) is 4. The highest BCUT2D eigenvalue weighted by Crippen LogP contribution is 2.33. The van der Waals surface area contributed by atoms with Gasteiger partial charge in [-0.3, -0.25) is 15.5 Å². The summed E-state index contributed by atoms with van der Waals surface area (Å²) in [5.74, 6) is -1.22. The van der Waals surface area contributed by atoms with Gasteiger partial charge in [-0.15, -0.1) is 12.4 Å². The van der Waals surface area contributed by atoms with Gasteiger partial charge in [0, 0.05) is 25.0 Å². The Morgan fingerprint density at radius 3 is 2.31 bits per heavy atom. The maximum absolute atomic E-state index is 12.7. The molecule has 3 amide bonds. The number of amides is 3. The van der Waals surface area contributed by atoms with E-state index in [4.69, 9.17) is 28.5 Å². The molecule has 1 saturated heterocycles. The van der Waals surface area contributed by atoms with Crippen LogP contribution in [0.15, 0.2) is 36.4 Å². The van der Waals surface area contributed by atoms with E-state index >= 15 is 0 Å². The van der Waals surface area contributed by atoms with Crippen LogP contribution >= 0.6 is 24.0 Å². The van der Waals surface area contributed by atoms with Crippen molar-refractivity contribution in [1.29, 1.82) is 5.41 Å². The number of rotatable bonds is 8. The third kappa shape index (κ3) is 11.5. The summed E-state index contributed by atoms with van der Waals surface area (Å²) < 4.78 is 0.770. The quantitative estimate of drug-likeness (QED) is 0.111. The van der Waals surface area contributed by atoms with E-state index in [-0.39, 0.29) is 70.9 Å². The molecule has 11 N–H and O–H groups in total. The molecule has 42 heavy (non-hydrogen) atoms. The van der Waals surface area contributed by atoms with Crippen molar-refractivity contribution in [1.82, 2.24) is 37.0 Å². The number of likely N-dealkylation sites (tertiary alicyclic amines) is 1. The van der Waals surface area contributed by atoms with E-state index in [2.05, 4.69) is 53.1 Å². The summed E-state index contributed by atoms with van der Waals surface area (Å²) in [7, 11) is 6.25. The Labute approximate surface area is 264 Å². The highest BCUT2D eigenvalue weighted by molar-refractivity contribution is 6.31. The topological polar surface area (TPSA) is 210 Å². The third-order valence-electron chi connectivity index (χ3n) is 6.51. The Kier molecular flexibility index (Phi) is 15.6. The first kappa shape index (κ1) is 38.6. The van der Waals surface area contributed by atoms with Gasteiger partial charge in [0.2, 0.25) is 0 Å². The maximum Gasteiger partial charge on any atom is 0.317 e. The van der Waals surface area contributed by atoms with Crippen LogP contribution in [0.4, 0.5) is 16.4 Å². The van der Waals surface area contributed by atoms with Crippen molar-refractivity contribution >= 4 is 59.6 Å². The van der Waals surface area contributed by atoms with Gasteiger partial charge in [-0.2, -0.15) is 0 Å². The molecule has 13 nitrogen and oxygen atoms in total. The van der Waals surface area contributed by atoms with Crippen LogP contribution < -0.4 is 46.0 Å². The number of nitrogen functional groups attached to an aromatic ring is 2. The molecule has 0 unspecified atom stereocenters. The number of urea groups is 1. The molecule has 0 atom stereocenters. The first-order valence-electron chi connectivity index (χ1n) is 12.7. The van der Waals surface area contributed by atoms with Gasteiger partial charge in [-0.25, -0.2) is 14.8 Å². The molecule has 1 aliphatic heterocycles. The van der Waals surface area contributed by atoms with E-state index in [1.807, 2.05) is 41.3 Å². The molecule has 0 radical (unpaired) electrons. The Bertz CT molecular complexity index is 1220. The lowest BCUT2D eigenvalue weighted by atomic mass is 9.77. The molecule has 1 aromatic carbocycles. The number of piperidine rings is 1. The fourth-order valence-corrected chi connectivity index (χ4v) is 4.22. The normalized spacial score (nSPS) is 14.0. The number of carbonyl (C=O) groups is 2. The zero-order valence-corrected chi connectivity index (χ0v) is 26.5. The Morgan fingerprint density at radius 2 is 1.71 bits per heavy atom. The van der Waals surface area contributed by atoms with Gasteiger partial charge in [0.1, 0.15) is 0 Å². The number of quaternary nitrogens is 1. The van der Waals surface area contributed by atoms with Crippen LogP contribution in [0.2, 0.25) is 5.15 Å². The van der Waals surface area contributed by atoms with Crippen molar-refractivity contribution in [3.8, 4) is 0 Å². The first-order valence-corrected chi connectivity index (χ1v) is 13.1. The molecule has 0 spiro atoms. The van der Waals surface area contributed by atoms with E-state index < -0.39 is 5.91 Å². The number of guanidine groups is 1. The maximum atomic E-state index is 12.7. The fraction of sp³-hybridized carbons (Fsp3) is 0.423. The predicted octanol–water partition coefficient (Wildman–Crippen LogP) is -0.652. The number of nitrogens with zero attached hydrogens (tertiary/aromatic N) is 4. The van der Waals surface area contributed by atoms with E-state index in [1.165, 1.54) is 0 Å². The minimum atomic E-state index is -0.728. The van der Waals surface area contributed by atoms with Gasteiger partial charge in [-0.1, -0.05) is 54.1 Å². The summed E-state index contributed by atoms with van der Waals surface area (Å²) in [5.41, 5.74) is 11.8. The second kappa shape index (κ2) is 16.9. The second-order valence-corrected chi connectivity index (χ2v) is 11.0. The molecule has 16 heteroatoms. The van der Waals surface area contributed by atoms with Gasteiger partial charge < -0.3 is 50.0 Å². The Balaban J connectivity index is 0.00000560. The number of anilines is 2. The predicted molar refractivity (Wildman–Crippen MR) is 166 cm³/mol. The minimum absolute atomic E-state index is 0. The zero-order chi connectivity index (χ0) is 28.6. The molecule has 3 rings (SSSR count). The molecule has 2 aromatic rings. The number of hydrogen-bond acceptors (Lipinski definition) is 8. The van der Waals surface area contributed by atoms with Gasteiger partial charge in [-0.05, 0) is 18.4 Å². The first-order chi connectivity index (χ1) is 18.4. The molecule has 0 aliphatic carbocycles. The lowest BCUT2D eigenvalue weighted by molar-refractivity contribution is -0.869. The minimum Gasteiger partial charge on any atom is -1.00 e. The van der Waals surface area contributed by atoms with Crippen molar-refractivity contribution in [2.45, 2.75) is 12.8 Å². The number of aromatic nitrogens is 2. The monoisotopic (exact) mass is 645 g/mol. The second-order valence-electron chi connectivity index (χ2n) is 10.7. The smallest absolute Gasteiger partial charge is 0.317 e. The molecule has 2 heterocycles. The van der Waals surface area contributed by atoms with Gasteiger partial charge in [0.25, 0.3) is 5.91 Å². The standard InChI is InChI=1S/C26H37ClN10O2.2ClH.H3N/c1-37(2,3)16-13-31-25(39)36-14-11-26(12-15-36,10-9-18-7-5-4-6-8-18)17-32-24(30)35-23(38)19-21(28)34-22(29)20(27)33-19;;;/h4-10H,11-17H2,1-3H3,(H7-,28,29,30,31,32,34,35,38,39);2*1H;1H3. The highest BCUT2D eigenvalue weighted by Gasteiger charge is 2.34. The fourth-order valence-electron chi connectivity index (χ4n) is 4.09. The molecule has 0 bridgehead atoms. The summed E-state index contributed by atoms with van der Waals surface area (Å²) in [5, 5.41) is 16.6. The van der Waals surface area contributed by atoms with Crippen LogP contribution in [0.3, 0.4) is 0 Å². The molecular formula is C26H42Cl3N11O2. The molecule has 1 fully saturated rings. The summed E-state index contributed by atoms with van der Waals surface area (Å²) in [6, 6.07) is 9.85. The van der Waals surface area contributed by atoms with Crippen LogP contribution in [0.5, 0.6) is 0 Å². The lowest BCUT2D eigenvalue weighted by Crippen LogP contribution is -3.00. The third-order valence-corrected chi connectivity index (χ3v) is 6.79. The van der Waals surface area contributed by atoms with E-state index in [9.17, 15) is 9.59 Å². The Hall–Kier alpha value is -3.36. The van der Waals surface area contributed by atoms with Crippen LogP contribution in [0, 0.1) is 10.8 Å². The molecule has 234 valence electrons. The molecular weight excluding hydrogens is 605 g/mol. The summed E-state index contributed by atoms with van der Waals surface area (Å²) in [6.07, 6.45) is 5.53. The summed E-state index contributed by atoms with van der Waals surface area (Å²) in [6.45, 7) is 2.93. The van der Waals surface area contributed by atoms with Crippen molar-refractivity contribution < 1.29 is 26.5 Å². The van der Waals surface area contributed by atoms with Crippen LogP contribution in [-0.2, 0) is 0 Å². The van der Waals surface area contributed by atoms with Gasteiger partial charge >= 0.3 is 6.03 Å². The van der Waals surface area contributed by atoms with Crippen LogP contribution in [-0.4, -0.2) is 91.1 Å². The van der Waals surface area contributed by atoms with Crippen molar-refractivity contribution in [2.24, 2.45) is 5.41 Å².